The maximum atomic E-state index is 12.7. The third kappa shape index (κ3) is 1.88. The molecule has 0 radical (unpaired) electrons. The number of amides is 4. The van der Waals surface area contributed by atoms with Crippen LogP contribution in [0.1, 0.15) is 44.9 Å². The van der Waals surface area contributed by atoms with E-state index in [9.17, 15) is 14.4 Å². The summed E-state index contributed by atoms with van der Waals surface area (Å²) in [5, 5.41) is 2.71. The van der Waals surface area contributed by atoms with E-state index in [1.807, 2.05) is 6.26 Å². The van der Waals surface area contributed by atoms with Crippen molar-refractivity contribution in [1.82, 2.24) is 10.2 Å². The van der Waals surface area contributed by atoms with E-state index < -0.39 is 11.4 Å². The Bertz CT molecular complexity index is 461. The molecule has 1 saturated heterocycles. The van der Waals surface area contributed by atoms with Crippen molar-refractivity contribution in [3.05, 3.63) is 0 Å². The van der Waals surface area contributed by atoms with Crippen molar-refractivity contribution < 1.29 is 14.4 Å². The number of thioether (sulfide) groups is 1. The Morgan fingerprint density at radius 1 is 1.15 bits per heavy atom. The minimum Gasteiger partial charge on any atom is -0.277 e. The van der Waals surface area contributed by atoms with Gasteiger partial charge in [0, 0.05) is 5.25 Å². The van der Waals surface area contributed by atoms with Crippen LogP contribution in [0.25, 0.3) is 0 Å². The molecule has 2 aliphatic carbocycles. The highest BCUT2D eigenvalue weighted by Crippen LogP contribution is 2.46. The van der Waals surface area contributed by atoms with Crippen molar-refractivity contribution in [3.8, 4) is 0 Å². The zero-order chi connectivity index (χ0) is 14.3. The lowest BCUT2D eigenvalue weighted by molar-refractivity contribution is -0.159. The fourth-order valence-electron chi connectivity index (χ4n) is 3.62. The topological polar surface area (TPSA) is 66.5 Å². The number of carbonyl (C=O) groups is 3. The number of nitrogens with one attached hydrogen (secondary N) is 1. The molecule has 4 amide bonds. The highest BCUT2D eigenvalue weighted by Gasteiger charge is 2.59. The van der Waals surface area contributed by atoms with Crippen LogP contribution in [0, 0.1) is 5.41 Å². The normalized spacial score (nSPS) is 33.0. The van der Waals surface area contributed by atoms with E-state index in [1.165, 1.54) is 4.90 Å². The maximum Gasteiger partial charge on any atom is 0.331 e. The van der Waals surface area contributed by atoms with E-state index in [-0.39, 0.29) is 17.9 Å². The van der Waals surface area contributed by atoms with E-state index >= 15 is 0 Å². The van der Waals surface area contributed by atoms with Gasteiger partial charge >= 0.3 is 6.03 Å². The summed E-state index contributed by atoms with van der Waals surface area (Å²) >= 11 is 1.72. The quantitative estimate of drug-likeness (QED) is 0.791. The summed E-state index contributed by atoms with van der Waals surface area (Å²) in [6, 6.07) is -0.569. The third-order valence-electron chi connectivity index (χ3n) is 5.01. The first-order valence-corrected chi connectivity index (χ1v) is 8.61. The molecular weight excluding hydrogens is 276 g/mol. The number of barbiturate groups is 1. The standard InChI is InChI=1S/C14H20N2O3S/c1-20-10-6-3-2-5-9(10)16-12(18)14(7-4-8-14)11(17)15-13(16)19/h9-10H,2-8H2,1H3,(H,15,17,19). The number of rotatable bonds is 2. The molecule has 6 heteroatoms. The molecule has 0 aromatic carbocycles. The Kier molecular flexibility index (Phi) is 3.52. The molecule has 110 valence electrons. The Morgan fingerprint density at radius 3 is 2.45 bits per heavy atom. The summed E-state index contributed by atoms with van der Waals surface area (Å²) < 4.78 is 0. The summed E-state index contributed by atoms with van der Waals surface area (Å²) in [7, 11) is 0. The molecule has 2 atom stereocenters. The summed E-state index contributed by atoms with van der Waals surface area (Å²) in [5.74, 6) is -0.630. The Labute approximate surface area is 122 Å². The molecule has 2 unspecified atom stereocenters. The molecular formula is C14H20N2O3S. The van der Waals surface area contributed by atoms with Crippen LogP contribution in [0.5, 0.6) is 0 Å². The molecule has 1 N–H and O–H groups in total. The fraction of sp³-hybridized carbons (Fsp3) is 0.786. The van der Waals surface area contributed by atoms with Gasteiger partial charge < -0.3 is 0 Å². The highest BCUT2D eigenvalue weighted by atomic mass is 32.2. The predicted octanol–water partition coefficient (Wildman–Crippen LogP) is 1.91. The van der Waals surface area contributed by atoms with Gasteiger partial charge in [0.15, 0.2) is 0 Å². The first-order valence-electron chi connectivity index (χ1n) is 7.32. The summed E-state index contributed by atoms with van der Waals surface area (Å²) in [5.41, 5.74) is -0.936. The van der Waals surface area contributed by atoms with Gasteiger partial charge in [-0.25, -0.2) is 4.79 Å². The van der Waals surface area contributed by atoms with Gasteiger partial charge in [-0.3, -0.25) is 19.8 Å². The van der Waals surface area contributed by atoms with Gasteiger partial charge in [0.1, 0.15) is 5.41 Å². The predicted molar refractivity (Wildman–Crippen MR) is 76.2 cm³/mol. The lowest BCUT2D eigenvalue weighted by Gasteiger charge is -2.48. The molecule has 1 aliphatic heterocycles. The molecule has 1 heterocycles. The molecule has 3 aliphatic rings. The van der Waals surface area contributed by atoms with Crippen LogP contribution in [0.4, 0.5) is 4.79 Å². The van der Waals surface area contributed by atoms with Crippen LogP contribution >= 0.6 is 11.8 Å². The Hall–Kier alpha value is -1.04. The zero-order valence-electron chi connectivity index (χ0n) is 11.7. The van der Waals surface area contributed by atoms with Crippen LogP contribution < -0.4 is 5.32 Å². The van der Waals surface area contributed by atoms with Crippen LogP contribution in [-0.4, -0.2) is 40.3 Å². The third-order valence-corrected chi connectivity index (χ3v) is 6.17. The van der Waals surface area contributed by atoms with Crippen molar-refractivity contribution in [2.75, 3.05) is 6.26 Å². The van der Waals surface area contributed by atoms with Crippen molar-refractivity contribution in [2.24, 2.45) is 5.41 Å². The highest BCUT2D eigenvalue weighted by molar-refractivity contribution is 7.99. The fourth-order valence-corrected chi connectivity index (χ4v) is 4.59. The minimum absolute atomic E-state index is 0.0585. The second kappa shape index (κ2) is 5.06. The second-order valence-electron chi connectivity index (χ2n) is 6.00. The van der Waals surface area contributed by atoms with E-state index in [4.69, 9.17) is 0 Å². The van der Waals surface area contributed by atoms with E-state index in [1.54, 1.807) is 11.8 Å². The lowest BCUT2D eigenvalue weighted by Crippen LogP contribution is -2.69. The molecule has 0 aromatic heterocycles. The molecule has 3 fully saturated rings. The van der Waals surface area contributed by atoms with Gasteiger partial charge in [0.25, 0.3) is 0 Å². The largest absolute Gasteiger partial charge is 0.331 e. The number of hydrogen-bond donors (Lipinski definition) is 1. The van der Waals surface area contributed by atoms with Gasteiger partial charge in [-0.1, -0.05) is 19.3 Å². The maximum absolute atomic E-state index is 12.7. The summed E-state index contributed by atoms with van der Waals surface area (Å²) in [6.45, 7) is 0. The summed E-state index contributed by atoms with van der Waals surface area (Å²) in [4.78, 5) is 38.3. The average Bonchev–Trinajstić information content (AvgIpc) is 2.37. The van der Waals surface area contributed by atoms with E-state index in [0.29, 0.717) is 18.1 Å². The van der Waals surface area contributed by atoms with Crippen molar-refractivity contribution >= 4 is 29.6 Å². The number of hydrogen-bond acceptors (Lipinski definition) is 4. The van der Waals surface area contributed by atoms with Crippen molar-refractivity contribution in [1.29, 1.82) is 0 Å². The van der Waals surface area contributed by atoms with Gasteiger partial charge in [-0.05, 0) is 31.9 Å². The molecule has 20 heavy (non-hydrogen) atoms. The van der Waals surface area contributed by atoms with Crippen LogP contribution in [-0.2, 0) is 9.59 Å². The molecule has 3 rings (SSSR count). The second-order valence-corrected chi connectivity index (χ2v) is 7.07. The van der Waals surface area contributed by atoms with Crippen molar-refractivity contribution in [2.45, 2.75) is 56.2 Å². The Balaban J connectivity index is 1.89. The van der Waals surface area contributed by atoms with Crippen molar-refractivity contribution in [3.63, 3.8) is 0 Å². The van der Waals surface area contributed by atoms with Gasteiger partial charge in [0.2, 0.25) is 11.8 Å². The Morgan fingerprint density at radius 2 is 1.85 bits per heavy atom. The van der Waals surface area contributed by atoms with Gasteiger partial charge in [-0.2, -0.15) is 11.8 Å². The summed E-state index contributed by atoms with van der Waals surface area (Å²) in [6.07, 6.45) is 8.15. The van der Waals surface area contributed by atoms with Crippen LogP contribution in [0.3, 0.4) is 0 Å². The first-order chi connectivity index (χ1) is 9.60. The first kappa shape index (κ1) is 13.9. The number of carbonyl (C=O) groups excluding carboxylic acids is 3. The van der Waals surface area contributed by atoms with Crippen LogP contribution in [0.15, 0.2) is 0 Å². The molecule has 0 aromatic rings. The minimum atomic E-state index is -0.936. The number of urea groups is 1. The number of nitrogens with zero attached hydrogens (tertiary/aromatic N) is 1. The monoisotopic (exact) mass is 296 g/mol. The molecule has 1 spiro atoms. The average molecular weight is 296 g/mol. The smallest absolute Gasteiger partial charge is 0.277 e. The van der Waals surface area contributed by atoms with Crippen LogP contribution in [0.2, 0.25) is 0 Å². The van der Waals surface area contributed by atoms with Gasteiger partial charge in [0.05, 0.1) is 6.04 Å². The lowest BCUT2D eigenvalue weighted by atomic mass is 9.66. The molecule has 0 bridgehead atoms. The van der Waals surface area contributed by atoms with E-state index in [2.05, 4.69) is 5.32 Å². The number of imide groups is 2. The SMILES string of the molecule is CSC1CCCCC1N1C(=O)NC(=O)C2(CCC2)C1=O. The van der Waals surface area contributed by atoms with Gasteiger partial charge in [-0.15, -0.1) is 0 Å². The molecule has 5 nitrogen and oxygen atoms in total. The zero-order valence-corrected chi connectivity index (χ0v) is 12.5. The van der Waals surface area contributed by atoms with E-state index in [0.717, 1.165) is 32.1 Å². The molecule has 2 saturated carbocycles.